The Labute approximate surface area is 85.8 Å². The molecule has 5 heteroatoms. The number of benzene rings is 1. The number of halogens is 1. The predicted molar refractivity (Wildman–Crippen MR) is 51.5 cm³/mol. The standard InChI is InChI=1S/C9H8ClNO3/c1-14-9-6(4-11-5-12)7(10)2-3-8(9)13/h2-3,13H,4H2,1H3. The summed E-state index contributed by atoms with van der Waals surface area (Å²) in [4.78, 5) is 13.3. The van der Waals surface area contributed by atoms with Crippen molar-refractivity contribution in [3.63, 3.8) is 0 Å². The van der Waals surface area contributed by atoms with Gasteiger partial charge in [-0.15, -0.1) is 0 Å². The van der Waals surface area contributed by atoms with E-state index in [0.29, 0.717) is 10.6 Å². The van der Waals surface area contributed by atoms with Crippen molar-refractivity contribution in [3.8, 4) is 11.5 Å². The molecule has 0 fully saturated rings. The van der Waals surface area contributed by atoms with Gasteiger partial charge in [0, 0.05) is 10.6 Å². The maximum atomic E-state index is 9.94. The van der Waals surface area contributed by atoms with Crippen molar-refractivity contribution in [2.24, 2.45) is 4.99 Å². The lowest BCUT2D eigenvalue weighted by Crippen LogP contribution is -1.92. The summed E-state index contributed by atoms with van der Waals surface area (Å²) in [6, 6.07) is 2.92. The fourth-order valence-corrected chi connectivity index (χ4v) is 1.29. The van der Waals surface area contributed by atoms with Crippen LogP contribution in [0.25, 0.3) is 0 Å². The van der Waals surface area contributed by atoms with Gasteiger partial charge in [0.05, 0.1) is 13.7 Å². The number of ether oxygens (including phenoxy) is 1. The molecule has 1 rings (SSSR count). The van der Waals surface area contributed by atoms with E-state index in [-0.39, 0.29) is 18.0 Å². The lowest BCUT2D eigenvalue weighted by molar-refractivity contribution is 0.369. The van der Waals surface area contributed by atoms with Gasteiger partial charge in [0.2, 0.25) is 6.08 Å². The molecule has 74 valence electrons. The van der Waals surface area contributed by atoms with Gasteiger partial charge in [0.15, 0.2) is 11.5 Å². The highest BCUT2D eigenvalue weighted by atomic mass is 35.5. The van der Waals surface area contributed by atoms with Crippen LogP contribution < -0.4 is 4.74 Å². The van der Waals surface area contributed by atoms with Crippen molar-refractivity contribution in [1.82, 2.24) is 0 Å². The maximum absolute atomic E-state index is 9.94. The number of phenols is 1. The Balaban J connectivity index is 3.21. The molecule has 1 aromatic rings. The number of carbonyl (C=O) groups excluding carboxylic acids is 1. The summed E-state index contributed by atoms with van der Waals surface area (Å²) in [5, 5.41) is 9.78. The quantitative estimate of drug-likeness (QED) is 0.616. The van der Waals surface area contributed by atoms with E-state index >= 15 is 0 Å². The zero-order valence-electron chi connectivity index (χ0n) is 7.45. The van der Waals surface area contributed by atoms with Gasteiger partial charge in [-0.05, 0) is 12.1 Å². The molecule has 0 heterocycles. The van der Waals surface area contributed by atoms with E-state index in [1.54, 1.807) is 0 Å². The summed E-state index contributed by atoms with van der Waals surface area (Å²) >= 11 is 5.83. The molecule has 14 heavy (non-hydrogen) atoms. The number of hydrogen-bond acceptors (Lipinski definition) is 4. The molecular formula is C9H8ClNO3. The van der Waals surface area contributed by atoms with Crippen molar-refractivity contribution in [1.29, 1.82) is 0 Å². The number of hydrogen-bond donors (Lipinski definition) is 1. The molecule has 0 aliphatic heterocycles. The van der Waals surface area contributed by atoms with Gasteiger partial charge in [-0.25, -0.2) is 9.79 Å². The van der Waals surface area contributed by atoms with Crippen LogP contribution in [0.3, 0.4) is 0 Å². The van der Waals surface area contributed by atoms with Gasteiger partial charge in [0.25, 0.3) is 0 Å². The highest BCUT2D eigenvalue weighted by molar-refractivity contribution is 6.31. The molecule has 0 saturated heterocycles. The Morgan fingerprint density at radius 1 is 1.64 bits per heavy atom. The maximum Gasteiger partial charge on any atom is 0.235 e. The largest absolute Gasteiger partial charge is 0.504 e. The first-order chi connectivity index (χ1) is 6.70. The molecule has 1 aromatic carbocycles. The van der Waals surface area contributed by atoms with E-state index in [2.05, 4.69) is 4.99 Å². The zero-order valence-corrected chi connectivity index (χ0v) is 8.21. The van der Waals surface area contributed by atoms with Gasteiger partial charge in [-0.2, -0.15) is 0 Å². The second-order valence-electron chi connectivity index (χ2n) is 2.49. The minimum Gasteiger partial charge on any atom is -0.504 e. The van der Waals surface area contributed by atoms with E-state index in [4.69, 9.17) is 16.3 Å². The van der Waals surface area contributed by atoms with Gasteiger partial charge in [-0.3, -0.25) is 0 Å². The van der Waals surface area contributed by atoms with Gasteiger partial charge < -0.3 is 9.84 Å². The van der Waals surface area contributed by atoms with Crippen molar-refractivity contribution in [2.45, 2.75) is 6.54 Å². The van der Waals surface area contributed by atoms with Crippen molar-refractivity contribution < 1.29 is 14.6 Å². The lowest BCUT2D eigenvalue weighted by Gasteiger charge is -2.09. The van der Waals surface area contributed by atoms with E-state index in [0.717, 1.165) is 0 Å². The summed E-state index contributed by atoms with van der Waals surface area (Å²) in [7, 11) is 1.40. The third-order valence-electron chi connectivity index (χ3n) is 1.69. The molecule has 0 aromatic heterocycles. The first kappa shape index (κ1) is 10.6. The minimum atomic E-state index is -0.0343. The summed E-state index contributed by atoms with van der Waals surface area (Å²) in [6.45, 7) is 0.0416. The SMILES string of the molecule is COc1c(O)ccc(Cl)c1CN=C=O. The van der Waals surface area contributed by atoms with Crippen molar-refractivity contribution in [2.75, 3.05) is 7.11 Å². The Morgan fingerprint density at radius 2 is 2.36 bits per heavy atom. The second-order valence-corrected chi connectivity index (χ2v) is 2.89. The normalized spacial score (nSPS) is 9.29. The lowest BCUT2D eigenvalue weighted by atomic mass is 10.2. The third-order valence-corrected chi connectivity index (χ3v) is 2.04. The van der Waals surface area contributed by atoms with Crippen molar-refractivity contribution in [3.05, 3.63) is 22.7 Å². The number of methoxy groups -OCH3 is 1. The van der Waals surface area contributed by atoms with E-state index in [1.807, 2.05) is 0 Å². The molecule has 0 bridgehead atoms. The van der Waals surface area contributed by atoms with Gasteiger partial charge in [0.1, 0.15) is 0 Å². The summed E-state index contributed by atoms with van der Waals surface area (Å²) in [5.74, 6) is 0.199. The van der Waals surface area contributed by atoms with Crippen LogP contribution in [-0.4, -0.2) is 18.3 Å². The summed E-state index contributed by atoms with van der Waals surface area (Å²) in [6.07, 6.45) is 1.39. The molecule has 0 unspecified atom stereocenters. The predicted octanol–water partition coefficient (Wildman–Crippen LogP) is 1.89. The highest BCUT2D eigenvalue weighted by Gasteiger charge is 2.11. The fourth-order valence-electron chi connectivity index (χ4n) is 1.08. The Bertz CT molecular complexity index is 386. The topological polar surface area (TPSA) is 58.9 Å². The second kappa shape index (κ2) is 4.65. The molecule has 0 atom stereocenters. The van der Waals surface area contributed by atoms with E-state index < -0.39 is 0 Å². The molecule has 4 nitrogen and oxygen atoms in total. The number of nitrogens with zero attached hydrogens (tertiary/aromatic N) is 1. The number of phenolic OH excluding ortho intramolecular Hbond substituents is 1. The molecule has 0 aliphatic rings. The number of isocyanates is 1. The fraction of sp³-hybridized carbons (Fsp3) is 0.222. The number of aliphatic imine (C=N–C) groups is 1. The number of rotatable bonds is 3. The molecular weight excluding hydrogens is 206 g/mol. The van der Waals surface area contributed by atoms with Crippen LogP contribution in [0.2, 0.25) is 5.02 Å². The van der Waals surface area contributed by atoms with Gasteiger partial charge in [-0.1, -0.05) is 11.6 Å². The van der Waals surface area contributed by atoms with Crippen LogP contribution in [0.5, 0.6) is 11.5 Å². The minimum absolute atomic E-state index is 0.0343. The monoisotopic (exact) mass is 213 g/mol. The molecule has 0 amide bonds. The van der Waals surface area contributed by atoms with E-state index in [9.17, 15) is 9.90 Å². The molecule has 0 radical (unpaired) electrons. The highest BCUT2D eigenvalue weighted by Crippen LogP contribution is 2.35. The molecule has 0 spiro atoms. The Morgan fingerprint density at radius 3 is 2.93 bits per heavy atom. The van der Waals surface area contributed by atoms with Crippen LogP contribution in [-0.2, 0) is 11.3 Å². The molecule has 0 saturated carbocycles. The zero-order chi connectivity index (χ0) is 10.6. The van der Waals surface area contributed by atoms with Crippen LogP contribution in [0.4, 0.5) is 0 Å². The number of aromatic hydroxyl groups is 1. The van der Waals surface area contributed by atoms with Crippen LogP contribution in [0.15, 0.2) is 17.1 Å². The average Bonchev–Trinajstić information content (AvgIpc) is 2.19. The first-order valence-electron chi connectivity index (χ1n) is 3.78. The van der Waals surface area contributed by atoms with Crippen molar-refractivity contribution >= 4 is 17.7 Å². The summed E-state index contributed by atoms with van der Waals surface area (Å²) in [5.41, 5.74) is 0.470. The molecule has 0 aliphatic carbocycles. The van der Waals surface area contributed by atoms with E-state index in [1.165, 1.54) is 25.3 Å². The third kappa shape index (κ3) is 2.05. The van der Waals surface area contributed by atoms with Crippen LogP contribution in [0.1, 0.15) is 5.56 Å². The molecule has 1 N–H and O–H groups in total. The Kier molecular flexibility index (Phi) is 3.51. The average molecular weight is 214 g/mol. The van der Waals surface area contributed by atoms with Gasteiger partial charge >= 0.3 is 0 Å². The smallest absolute Gasteiger partial charge is 0.235 e. The van der Waals surface area contributed by atoms with Crippen LogP contribution in [0, 0.1) is 0 Å². The van der Waals surface area contributed by atoms with Crippen LogP contribution >= 0.6 is 11.6 Å². The summed E-state index contributed by atoms with van der Waals surface area (Å²) < 4.78 is 4.93. The Hall–Kier alpha value is -1.51. The first-order valence-corrected chi connectivity index (χ1v) is 4.16.